The first kappa shape index (κ1) is 16.0. The highest BCUT2D eigenvalue weighted by molar-refractivity contribution is 5.35. The van der Waals surface area contributed by atoms with Crippen LogP contribution in [0.1, 0.15) is 45.6 Å². The Labute approximate surface area is 117 Å². The lowest BCUT2D eigenvalue weighted by Gasteiger charge is -2.29. The van der Waals surface area contributed by atoms with E-state index in [1.807, 2.05) is 25.1 Å². The van der Waals surface area contributed by atoms with E-state index in [2.05, 4.69) is 32.2 Å². The third kappa shape index (κ3) is 4.84. The maximum Gasteiger partial charge on any atom is 0.122 e. The molecule has 0 radical (unpaired) electrons. The van der Waals surface area contributed by atoms with Crippen LogP contribution in [0, 0.1) is 0 Å². The first-order valence-electron chi connectivity index (χ1n) is 7.10. The van der Waals surface area contributed by atoms with Crippen LogP contribution >= 0.6 is 0 Å². The Balaban J connectivity index is 2.69. The molecule has 0 amide bonds. The number of rotatable bonds is 8. The lowest BCUT2D eigenvalue weighted by atomic mass is 10.0. The highest BCUT2D eigenvalue weighted by Gasteiger charge is 2.23. The van der Waals surface area contributed by atoms with Crippen LogP contribution in [-0.4, -0.2) is 30.4 Å². The zero-order valence-electron chi connectivity index (χ0n) is 12.6. The fourth-order valence-corrected chi connectivity index (χ4v) is 1.91. The molecular formula is C16H27NO2. The average molecular weight is 265 g/mol. The molecule has 3 nitrogen and oxygen atoms in total. The van der Waals surface area contributed by atoms with Crippen LogP contribution in [0.5, 0.6) is 5.75 Å². The normalized spacial score (nSPS) is 14.4. The van der Waals surface area contributed by atoms with Crippen LogP contribution in [0.2, 0.25) is 0 Å². The predicted octanol–water partition coefficient (Wildman–Crippen LogP) is 2.94. The van der Waals surface area contributed by atoms with Gasteiger partial charge in [-0.05, 0) is 37.4 Å². The van der Waals surface area contributed by atoms with Gasteiger partial charge in [-0.1, -0.05) is 39.0 Å². The predicted molar refractivity (Wildman–Crippen MR) is 79.8 cm³/mol. The van der Waals surface area contributed by atoms with Gasteiger partial charge in [-0.3, -0.25) is 0 Å². The van der Waals surface area contributed by atoms with Gasteiger partial charge in [0.2, 0.25) is 0 Å². The fourth-order valence-electron chi connectivity index (χ4n) is 1.91. The summed E-state index contributed by atoms with van der Waals surface area (Å²) in [5.41, 5.74) is 0.818. The first-order chi connectivity index (χ1) is 9.02. The summed E-state index contributed by atoms with van der Waals surface area (Å²) < 4.78 is 5.93. The molecule has 1 aromatic carbocycles. The molecule has 0 heterocycles. The fraction of sp³-hybridized carbons (Fsp3) is 0.625. The number of aliphatic hydroxyl groups excluding tert-OH is 1. The molecule has 2 N–H and O–H groups in total. The average Bonchev–Trinajstić information content (AvgIpc) is 2.43. The number of hydrogen-bond donors (Lipinski definition) is 2. The molecule has 0 saturated heterocycles. The third-order valence-corrected chi connectivity index (χ3v) is 3.24. The van der Waals surface area contributed by atoms with Gasteiger partial charge < -0.3 is 15.2 Å². The summed E-state index contributed by atoms with van der Waals surface area (Å²) in [5.74, 6) is 1.34. The van der Waals surface area contributed by atoms with Crippen molar-refractivity contribution in [2.24, 2.45) is 0 Å². The van der Waals surface area contributed by atoms with Crippen molar-refractivity contribution in [1.29, 1.82) is 0 Å². The van der Waals surface area contributed by atoms with Crippen molar-refractivity contribution < 1.29 is 9.84 Å². The molecule has 0 aliphatic rings. The number of para-hydroxylation sites is 1. The van der Waals surface area contributed by atoms with E-state index in [4.69, 9.17) is 4.74 Å². The summed E-state index contributed by atoms with van der Waals surface area (Å²) in [4.78, 5) is 0. The molecule has 0 spiro atoms. The molecule has 0 aliphatic heterocycles. The van der Waals surface area contributed by atoms with Gasteiger partial charge in [0.1, 0.15) is 12.4 Å². The standard InChI is InChI=1S/C16H27NO2/c1-5-10-17-16(4,11-18)12-19-15-9-7-6-8-14(15)13(2)3/h6-9,13,17-18H,5,10-12H2,1-4H3. The summed E-state index contributed by atoms with van der Waals surface area (Å²) in [6.07, 6.45) is 1.04. The Morgan fingerprint density at radius 3 is 2.58 bits per heavy atom. The second-order valence-electron chi connectivity index (χ2n) is 5.63. The van der Waals surface area contributed by atoms with Gasteiger partial charge >= 0.3 is 0 Å². The maximum absolute atomic E-state index is 9.53. The van der Waals surface area contributed by atoms with Gasteiger partial charge in [0.25, 0.3) is 0 Å². The SMILES string of the molecule is CCCNC(C)(CO)COc1ccccc1C(C)C. The van der Waals surface area contributed by atoms with Crippen molar-refractivity contribution in [2.45, 2.75) is 45.6 Å². The van der Waals surface area contributed by atoms with Crippen LogP contribution < -0.4 is 10.1 Å². The molecule has 1 unspecified atom stereocenters. The number of benzene rings is 1. The van der Waals surface area contributed by atoms with Gasteiger partial charge in [0, 0.05) is 0 Å². The second-order valence-corrected chi connectivity index (χ2v) is 5.63. The van der Waals surface area contributed by atoms with Crippen LogP contribution in [-0.2, 0) is 0 Å². The summed E-state index contributed by atoms with van der Waals surface area (Å²) in [7, 11) is 0. The van der Waals surface area contributed by atoms with Crippen molar-refractivity contribution in [3.63, 3.8) is 0 Å². The molecule has 0 bridgehead atoms. The first-order valence-corrected chi connectivity index (χ1v) is 7.10. The molecule has 1 atom stereocenters. The van der Waals surface area contributed by atoms with E-state index < -0.39 is 0 Å². The molecule has 3 heteroatoms. The molecule has 1 rings (SSSR count). The lowest BCUT2D eigenvalue weighted by Crippen LogP contribution is -2.50. The molecule has 0 aromatic heterocycles. The molecular weight excluding hydrogens is 238 g/mol. The summed E-state index contributed by atoms with van der Waals surface area (Å²) in [5, 5.41) is 12.9. The number of aliphatic hydroxyl groups is 1. The Hall–Kier alpha value is -1.06. The number of hydrogen-bond acceptors (Lipinski definition) is 3. The minimum Gasteiger partial charge on any atom is -0.491 e. The van der Waals surface area contributed by atoms with Crippen molar-refractivity contribution in [1.82, 2.24) is 5.32 Å². The van der Waals surface area contributed by atoms with Crippen molar-refractivity contribution in [2.75, 3.05) is 19.8 Å². The Morgan fingerprint density at radius 1 is 1.32 bits per heavy atom. The van der Waals surface area contributed by atoms with Gasteiger partial charge in [0.15, 0.2) is 0 Å². The summed E-state index contributed by atoms with van der Waals surface area (Å²) >= 11 is 0. The minimum atomic E-state index is -0.389. The number of nitrogens with one attached hydrogen (secondary N) is 1. The van der Waals surface area contributed by atoms with E-state index in [-0.39, 0.29) is 12.1 Å². The van der Waals surface area contributed by atoms with Crippen LogP contribution in [0.15, 0.2) is 24.3 Å². The van der Waals surface area contributed by atoms with Crippen LogP contribution in [0.3, 0.4) is 0 Å². The Kier molecular flexibility index (Phi) is 6.32. The largest absolute Gasteiger partial charge is 0.491 e. The van der Waals surface area contributed by atoms with Gasteiger partial charge in [-0.2, -0.15) is 0 Å². The second kappa shape index (κ2) is 7.51. The smallest absolute Gasteiger partial charge is 0.122 e. The topological polar surface area (TPSA) is 41.5 Å². The molecule has 1 aromatic rings. The summed E-state index contributed by atoms with van der Waals surface area (Å²) in [6.45, 7) is 9.82. The molecule has 0 fully saturated rings. The van der Waals surface area contributed by atoms with Crippen LogP contribution in [0.4, 0.5) is 0 Å². The highest BCUT2D eigenvalue weighted by Crippen LogP contribution is 2.26. The van der Waals surface area contributed by atoms with Gasteiger partial charge in [0.05, 0.1) is 12.1 Å². The maximum atomic E-state index is 9.53. The zero-order chi connectivity index (χ0) is 14.3. The Morgan fingerprint density at radius 2 is 2.00 bits per heavy atom. The van der Waals surface area contributed by atoms with Crippen LogP contribution in [0.25, 0.3) is 0 Å². The monoisotopic (exact) mass is 265 g/mol. The van der Waals surface area contributed by atoms with E-state index in [0.717, 1.165) is 18.7 Å². The minimum absolute atomic E-state index is 0.0663. The molecule has 0 saturated carbocycles. The van der Waals surface area contributed by atoms with E-state index >= 15 is 0 Å². The van der Waals surface area contributed by atoms with E-state index in [0.29, 0.717) is 12.5 Å². The molecule has 108 valence electrons. The Bertz CT molecular complexity index is 379. The van der Waals surface area contributed by atoms with Crippen molar-refractivity contribution in [3.8, 4) is 5.75 Å². The summed E-state index contributed by atoms with van der Waals surface area (Å²) in [6, 6.07) is 8.10. The molecule has 0 aliphatic carbocycles. The van der Waals surface area contributed by atoms with E-state index in [9.17, 15) is 5.11 Å². The highest BCUT2D eigenvalue weighted by atomic mass is 16.5. The lowest BCUT2D eigenvalue weighted by molar-refractivity contribution is 0.115. The molecule has 19 heavy (non-hydrogen) atoms. The van der Waals surface area contributed by atoms with Crippen molar-refractivity contribution >= 4 is 0 Å². The zero-order valence-corrected chi connectivity index (χ0v) is 12.6. The van der Waals surface area contributed by atoms with E-state index in [1.54, 1.807) is 0 Å². The quantitative estimate of drug-likeness (QED) is 0.759. The van der Waals surface area contributed by atoms with Gasteiger partial charge in [-0.25, -0.2) is 0 Å². The van der Waals surface area contributed by atoms with E-state index in [1.165, 1.54) is 5.56 Å². The van der Waals surface area contributed by atoms with Gasteiger partial charge in [-0.15, -0.1) is 0 Å². The number of ether oxygens (including phenoxy) is 1. The van der Waals surface area contributed by atoms with Crippen molar-refractivity contribution in [3.05, 3.63) is 29.8 Å². The third-order valence-electron chi connectivity index (χ3n) is 3.24.